The van der Waals surface area contributed by atoms with Crippen molar-refractivity contribution in [1.82, 2.24) is 15.2 Å². The van der Waals surface area contributed by atoms with Crippen molar-refractivity contribution in [3.63, 3.8) is 0 Å². The highest BCUT2D eigenvalue weighted by atomic mass is 16.5. The zero-order valence-corrected chi connectivity index (χ0v) is 15.8. The number of hydrogen-bond acceptors (Lipinski definition) is 5. The zero-order valence-electron chi connectivity index (χ0n) is 15.8. The summed E-state index contributed by atoms with van der Waals surface area (Å²) >= 11 is 0. The van der Waals surface area contributed by atoms with Gasteiger partial charge in [-0.15, -0.1) is 0 Å². The fraction of sp³-hybridized carbons (Fsp3) is 0.381. The van der Waals surface area contributed by atoms with E-state index in [-0.39, 0.29) is 30.0 Å². The summed E-state index contributed by atoms with van der Waals surface area (Å²) in [5.41, 5.74) is 2.04. The highest BCUT2D eigenvalue weighted by Crippen LogP contribution is 2.38. The number of aromatic nitrogens is 1. The van der Waals surface area contributed by atoms with Gasteiger partial charge in [0.25, 0.3) is 17.4 Å². The average Bonchev–Trinajstić information content (AvgIpc) is 2.74. The molecule has 3 aliphatic heterocycles. The summed E-state index contributed by atoms with van der Waals surface area (Å²) in [5.74, 6) is 0.669. The van der Waals surface area contributed by atoms with Crippen molar-refractivity contribution >= 4 is 17.5 Å². The summed E-state index contributed by atoms with van der Waals surface area (Å²) in [6.45, 7) is 2.04. The molecule has 3 atom stereocenters. The van der Waals surface area contributed by atoms with E-state index < -0.39 is 0 Å². The number of benzene rings is 1. The minimum atomic E-state index is -0.232. The molecule has 1 aromatic heterocycles. The molecule has 0 unspecified atom stereocenters. The lowest BCUT2D eigenvalue weighted by molar-refractivity contribution is -0.118. The Morgan fingerprint density at radius 2 is 2.10 bits per heavy atom. The molecular formula is C21H22N4O4. The second-order valence-electron chi connectivity index (χ2n) is 7.84. The van der Waals surface area contributed by atoms with E-state index in [1.54, 1.807) is 24.3 Å². The highest BCUT2D eigenvalue weighted by Gasteiger charge is 2.37. The lowest BCUT2D eigenvalue weighted by Crippen LogP contribution is -2.50. The van der Waals surface area contributed by atoms with E-state index in [4.69, 9.17) is 4.74 Å². The fourth-order valence-electron chi connectivity index (χ4n) is 4.68. The minimum absolute atomic E-state index is 0.0173. The van der Waals surface area contributed by atoms with Gasteiger partial charge in [-0.25, -0.2) is 0 Å². The minimum Gasteiger partial charge on any atom is -0.482 e. The fourth-order valence-corrected chi connectivity index (χ4v) is 4.68. The number of amides is 2. The van der Waals surface area contributed by atoms with Crippen molar-refractivity contribution in [2.24, 2.45) is 5.92 Å². The Kier molecular flexibility index (Phi) is 4.35. The Balaban J connectivity index is 1.36. The molecule has 29 heavy (non-hydrogen) atoms. The summed E-state index contributed by atoms with van der Waals surface area (Å²) in [6.07, 6.45) is 1.02. The smallest absolute Gasteiger partial charge is 0.262 e. The summed E-state index contributed by atoms with van der Waals surface area (Å²) < 4.78 is 7.26. The number of nitrogens with zero attached hydrogens (tertiary/aromatic N) is 1. The normalized spacial score (nSPS) is 24.6. The van der Waals surface area contributed by atoms with Crippen LogP contribution in [-0.4, -0.2) is 42.6 Å². The first-order chi connectivity index (χ1) is 14.1. The maximum atomic E-state index is 12.8. The average molecular weight is 394 g/mol. The van der Waals surface area contributed by atoms with Crippen molar-refractivity contribution in [1.29, 1.82) is 0 Å². The molecule has 1 fully saturated rings. The quantitative estimate of drug-likeness (QED) is 0.717. The van der Waals surface area contributed by atoms with E-state index in [1.807, 2.05) is 16.7 Å². The molecule has 2 bridgehead atoms. The van der Waals surface area contributed by atoms with Gasteiger partial charge in [0, 0.05) is 42.9 Å². The first-order valence-corrected chi connectivity index (χ1v) is 9.87. The van der Waals surface area contributed by atoms with Crippen molar-refractivity contribution in [3.8, 4) is 5.75 Å². The monoisotopic (exact) mass is 394 g/mol. The summed E-state index contributed by atoms with van der Waals surface area (Å²) in [6, 6.07) is 10.3. The van der Waals surface area contributed by atoms with Gasteiger partial charge in [0.05, 0.1) is 11.7 Å². The molecule has 0 radical (unpaired) electrons. The number of ether oxygens (including phenoxy) is 1. The number of nitrogens with one attached hydrogen (secondary N) is 3. The van der Waals surface area contributed by atoms with Crippen LogP contribution >= 0.6 is 0 Å². The molecule has 0 saturated carbocycles. The summed E-state index contributed by atoms with van der Waals surface area (Å²) in [5, 5.41) is 9.15. The second-order valence-corrected chi connectivity index (χ2v) is 7.84. The predicted molar refractivity (Wildman–Crippen MR) is 106 cm³/mol. The summed E-state index contributed by atoms with van der Waals surface area (Å²) in [7, 11) is 0. The highest BCUT2D eigenvalue weighted by molar-refractivity contribution is 5.99. The van der Waals surface area contributed by atoms with Gasteiger partial charge in [-0.3, -0.25) is 14.4 Å². The molecule has 3 N–H and O–H groups in total. The van der Waals surface area contributed by atoms with Crippen molar-refractivity contribution in [3.05, 3.63) is 58.0 Å². The molecule has 8 heteroatoms. The molecule has 5 rings (SSSR count). The van der Waals surface area contributed by atoms with Crippen LogP contribution < -0.4 is 26.2 Å². The standard InChI is InChI=1S/C21H22N4O4/c26-19-11-29-18-7-12(4-5-15(18)24-19)21(28)23-10-17-14-6-13(8-22-9-14)16-2-1-3-20(27)25(16)17/h1-5,7,13-14,17,22H,6,8-11H2,(H,23,28)(H,24,26)/t13-,14+,17+/m1/s1. The molecule has 8 nitrogen and oxygen atoms in total. The van der Waals surface area contributed by atoms with Crippen LogP contribution in [0, 0.1) is 5.92 Å². The maximum Gasteiger partial charge on any atom is 0.262 e. The number of carbonyl (C=O) groups is 2. The SMILES string of the molecule is O=C1COc2cc(C(=O)NC[C@H]3[C@@H]4CNC[C@@H](C4)c4cccc(=O)n43)ccc2N1. The van der Waals surface area contributed by atoms with Gasteiger partial charge in [-0.2, -0.15) is 0 Å². The number of rotatable bonds is 3. The Labute approximate surface area is 167 Å². The maximum absolute atomic E-state index is 12.8. The topological polar surface area (TPSA) is 101 Å². The van der Waals surface area contributed by atoms with Crippen LogP contribution in [-0.2, 0) is 4.79 Å². The Bertz CT molecular complexity index is 1050. The van der Waals surface area contributed by atoms with Crippen LogP contribution in [0.3, 0.4) is 0 Å². The second kappa shape index (κ2) is 7.04. The number of pyridine rings is 1. The molecule has 150 valence electrons. The van der Waals surface area contributed by atoms with E-state index in [2.05, 4.69) is 16.0 Å². The number of fused-ring (bicyclic) bond motifs is 5. The Morgan fingerprint density at radius 1 is 1.21 bits per heavy atom. The molecule has 4 heterocycles. The van der Waals surface area contributed by atoms with Crippen LogP contribution in [0.5, 0.6) is 5.75 Å². The van der Waals surface area contributed by atoms with Gasteiger partial charge in [-0.1, -0.05) is 6.07 Å². The van der Waals surface area contributed by atoms with Gasteiger partial charge in [0.15, 0.2) is 6.61 Å². The van der Waals surface area contributed by atoms with E-state index in [9.17, 15) is 14.4 Å². The third-order valence-corrected chi connectivity index (χ3v) is 6.05. The molecule has 2 aromatic rings. The van der Waals surface area contributed by atoms with Gasteiger partial charge >= 0.3 is 0 Å². The largest absolute Gasteiger partial charge is 0.482 e. The van der Waals surface area contributed by atoms with E-state index in [1.165, 1.54) is 0 Å². The number of hydrogen-bond donors (Lipinski definition) is 3. The molecule has 1 aromatic carbocycles. The first-order valence-electron chi connectivity index (χ1n) is 9.87. The third kappa shape index (κ3) is 3.19. The van der Waals surface area contributed by atoms with Crippen LogP contribution in [0.25, 0.3) is 0 Å². The molecule has 1 saturated heterocycles. The van der Waals surface area contributed by atoms with E-state index >= 15 is 0 Å². The summed E-state index contributed by atoms with van der Waals surface area (Å²) in [4.78, 5) is 36.7. The van der Waals surface area contributed by atoms with Crippen molar-refractivity contribution in [2.45, 2.75) is 18.4 Å². The molecule has 3 aliphatic rings. The predicted octanol–water partition coefficient (Wildman–Crippen LogP) is 0.857. The Morgan fingerprint density at radius 3 is 3.00 bits per heavy atom. The number of carbonyl (C=O) groups excluding carboxylic acids is 2. The van der Waals surface area contributed by atoms with Crippen molar-refractivity contribution in [2.75, 3.05) is 31.6 Å². The Hall–Kier alpha value is -3.13. The van der Waals surface area contributed by atoms with Crippen molar-refractivity contribution < 1.29 is 14.3 Å². The lowest BCUT2D eigenvalue weighted by Gasteiger charge is -2.43. The third-order valence-electron chi connectivity index (χ3n) is 6.05. The lowest BCUT2D eigenvalue weighted by atomic mass is 9.79. The molecular weight excluding hydrogens is 372 g/mol. The van der Waals surface area contributed by atoms with E-state index in [0.29, 0.717) is 35.4 Å². The van der Waals surface area contributed by atoms with Gasteiger partial charge in [-0.05, 0) is 36.6 Å². The first kappa shape index (κ1) is 17.9. The zero-order chi connectivity index (χ0) is 20.0. The van der Waals surface area contributed by atoms with Crippen LogP contribution in [0.1, 0.15) is 34.4 Å². The number of anilines is 1. The van der Waals surface area contributed by atoms with Gasteiger partial charge < -0.3 is 25.3 Å². The number of piperidine rings is 1. The van der Waals surface area contributed by atoms with Crippen LogP contribution in [0.2, 0.25) is 0 Å². The molecule has 0 spiro atoms. The van der Waals surface area contributed by atoms with Crippen LogP contribution in [0.15, 0.2) is 41.2 Å². The van der Waals surface area contributed by atoms with Gasteiger partial charge in [0.2, 0.25) is 0 Å². The molecule has 2 amide bonds. The van der Waals surface area contributed by atoms with Gasteiger partial charge in [0.1, 0.15) is 5.75 Å². The van der Waals surface area contributed by atoms with E-state index in [0.717, 1.165) is 25.2 Å². The van der Waals surface area contributed by atoms with Crippen LogP contribution in [0.4, 0.5) is 5.69 Å². The molecule has 0 aliphatic carbocycles.